The molecule has 0 bridgehead atoms. The molecule has 0 aliphatic heterocycles. The van der Waals surface area contributed by atoms with Gasteiger partial charge in [-0.05, 0) is 6.42 Å². The minimum Gasteiger partial charge on any atom is -0.322 e. The van der Waals surface area contributed by atoms with Gasteiger partial charge in [0.25, 0.3) is 0 Å². The molecule has 0 spiro atoms. The van der Waals surface area contributed by atoms with Gasteiger partial charge in [-0.2, -0.15) is 0 Å². The van der Waals surface area contributed by atoms with Crippen LogP contribution in [0.25, 0.3) is 0 Å². The SMILES string of the molecule is CCCC(C)C#CBF. The Morgan fingerprint density at radius 2 is 2.33 bits per heavy atom. The molecule has 0 amide bonds. The van der Waals surface area contributed by atoms with Crippen LogP contribution in [-0.2, 0) is 0 Å². The van der Waals surface area contributed by atoms with Gasteiger partial charge in [0.05, 0.1) is 0 Å². The van der Waals surface area contributed by atoms with Crippen molar-refractivity contribution in [2.24, 2.45) is 5.92 Å². The van der Waals surface area contributed by atoms with E-state index in [-0.39, 0.29) is 0 Å². The lowest BCUT2D eigenvalue weighted by Crippen LogP contribution is -1.88. The van der Waals surface area contributed by atoms with E-state index >= 15 is 0 Å². The second kappa shape index (κ2) is 5.69. The molecule has 0 N–H and O–H groups in total. The normalized spacial score (nSPS) is 11.4. The van der Waals surface area contributed by atoms with Gasteiger partial charge in [0.15, 0.2) is 0 Å². The molecule has 2 heteroatoms. The molecule has 1 atom stereocenters. The Balaban J connectivity index is 3.36. The smallest absolute Gasteiger partial charge is 0.322 e. The third kappa shape index (κ3) is 5.43. The maximum absolute atomic E-state index is 11.4. The summed E-state index contributed by atoms with van der Waals surface area (Å²) in [7, 11) is -0.506. The monoisotopic (exact) mass is 126 g/mol. The predicted octanol–water partition coefficient (Wildman–Crippen LogP) is 1.70. The van der Waals surface area contributed by atoms with Gasteiger partial charge in [-0.3, -0.25) is 0 Å². The van der Waals surface area contributed by atoms with Gasteiger partial charge < -0.3 is 4.32 Å². The van der Waals surface area contributed by atoms with Crippen molar-refractivity contribution in [1.82, 2.24) is 0 Å². The molecule has 0 heterocycles. The molecule has 0 aromatic carbocycles. The molecule has 0 rings (SSSR count). The van der Waals surface area contributed by atoms with Crippen molar-refractivity contribution < 1.29 is 4.32 Å². The highest BCUT2D eigenvalue weighted by atomic mass is 19.1. The van der Waals surface area contributed by atoms with E-state index in [1.54, 1.807) is 0 Å². The lowest BCUT2D eigenvalue weighted by Gasteiger charge is -1.96. The van der Waals surface area contributed by atoms with Crippen molar-refractivity contribution in [3.8, 4) is 11.7 Å². The molecule has 0 aromatic rings. The first-order valence-corrected chi connectivity index (χ1v) is 3.35. The molecule has 0 radical (unpaired) electrons. The highest BCUT2D eigenvalue weighted by Gasteiger charge is 1.91. The summed E-state index contributed by atoms with van der Waals surface area (Å²) >= 11 is 0. The van der Waals surface area contributed by atoms with Crippen LogP contribution < -0.4 is 0 Å². The van der Waals surface area contributed by atoms with Crippen molar-refractivity contribution in [1.29, 1.82) is 0 Å². The molecule has 1 unspecified atom stereocenters. The average Bonchev–Trinajstić information content (AvgIpc) is 1.85. The van der Waals surface area contributed by atoms with E-state index in [1.807, 2.05) is 6.92 Å². The van der Waals surface area contributed by atoms with Crippen molar-refractivity contribution in [2.45, 2.75) is 26.7 Å². The summed E-state index contributed by atoms with van der Waals surface area (Å²) in [5.74, 6) is 5.59. The molecule has 0 aromatic heterocycles. The zero-order valence-electron chi connectivity index (χ0n) is 6.08. The van der Waals surface area contributed by atoms with Crippen molar-refractivity contribution >= 4 is 7.56 Å². The van der Waals surface area contributed by atoms with Gasteiger partial charge in [-0.1, -0.05) is 20.3 Å². The Labute approximate surface area is 57.1 Å². The van der Waals surface area contributed by atoms with Crippen LogP contribution >= 0.6 is 0 Å². The molecule has 50 valence electrons. The maximum Gasteiger partial charge on any atom is 0.413 e. The van der Waals surface area contributed by atoms with E-state index in [9.17, 15) is 4.32 Å². The molecule has 0 fully saturated rings. The number of halogens is 1. The van der Waals surface area contributed by atoms with Gasteiger partial charge in [0, 0.05) is 5.92 Å². The lowest BCUT2D eigenvalue weighted by atomic mass is 10.0. The fraction of sp³-hybridized carbons (Fsp3) is 0.714. The molecule has 9 heavy (non-hydrogen) atoms. The molecule has 0 aliphatic rings. The van der Waals surface area contributed by atoms with Crippen molar-refractivity contribution in [3.63, 3.8) is 0 Å². The van der Waals surface area contributed by atoms with Crippen LogP contribution in [0.1, 0.15) is 26.7 Å². The summed E-state index contributed by atoms with van der Waals surface area (Å²) in [4.78, 5) is 0. The van der Waals surface area contributed by atoms with E-state index < -0.39 is 7.56 Å². The first-order valence-electron chi connectivity index (χ1n) is 3.35. The number of hydrogen-bond donors (Lipinski definition) is 0. The average molecular weight is 126 g/mol. The van der Waals surface area contributed by atoms with E-state index in [2.05, 4.69) is 18.7 Å². The molecule has 0 saturated carbocycles. The zero-order valence-corrected chi connectivity index (χ0v) is 6.08. The van der Waals surface area contributed by atoms with Crippen molar-refractivity contribution in [3.05, 3.63) is 0 Å². The van der Waals surface area contributed by atoms with Crippen molar-refractivity contribution in [2.75, 3.05) is 0 Å². The largest absolute Gasteiger partial charge is 0.413 e. The molecule has 0 aliphatic carbocycles. The molecule has 0 saturated heterocycles. The van der Waals surface area contributed by atoms with Gasteiger partial charge in [0.2, 0.25) is 0 Å². The summed E-state index contributed by atoms with van der Waals surface area (Å²) in [6.45, 7) is 4.12. The second-order valence-electron chi connectivity index (χ2n) is 2.14. The Morgan fingerprint density at radius 3 is 2.78 bits per heavy atom. The van der Waals surface area contributed by atoms with Crippen LogP contribution in [0.15, 0.2) is 0 Å². The Hall–Kier alpha value is -0.445. The fourth-order valence-electron chi connectivity index (χ4n) is 0.718. The molecule has 0 nitrogen and oxygen atoms in total. The third-order valence-corrected chi connectivity index (χ3v) is 1.14. The fourth-order valence-corrected chi connectivity index (χ4v) is 0.718. The van der Waals surface area contributed by atoms with Gasteiger partial charge in [-0.25, -0.2) is 0 Å². The van der Waals surface area contributed by atoms with Crippen LogP contribution in [0, 0.1) is 17.7 Å². The van der Waals surface area contributed by atoms with E-state index in [0.29, 0.717) is 5.92 Å². The molecular weight excluding hydrogens is 114 g/mol. The van der Waals surface area contributed by atoms with Crippen LogP contribution in [0.2, 0.25) is 0 Å². The van der Waals surface area contributed by atoms with E-state index in [4.69, 9.17) is 0 Å². The predicted molar refractivity (Wildman–Crippen MR) is 40.1 cm³/mol. The summed E-state index contributed by atoms with van der Waals surface area (Å²) in [6.07, 6.45) is 2.20. The summed E-state index contributed by atoms with van der Waals surface area (Å²) in [5, 5.41) is 0. The van der Waals surface area contributed by atoms with Crippen LogP contribution in [0.4, 0.5) is 4.32 Å². The van der Waals surface area contributed by atoms with Gasteiger partial charge >= 0.3 is 7.56 Å². The standard InChI is InChI=1S/C7H12BF/c1-3-4-7(2)5-6-8-9/h7-8H,3-4H2,1-2H3. The lowest BCUT2D eigenvalue weighted by molar-refractivity contribution is 0.653. The van der Waals surface area contributed by atoms with Crippen LogP contribution in [0.5, 0.6) is 0 Å². The summed E-state index contributed by atoms with van der Waals surface area (Å²) in [5.41, 5.74) is 0. The van der Waals surface area contributed by atoms with Gasteiger partial charge in [-0.15, -0.1) is 11.7 Å². The minimum atomic E-state index is -0.506. The van der Waals surface area contributed by atoms with Crippen LogP contribution in [-0.4, -0.2) is 7.56 Å². The maximum atomic E-state index is 11.4. The topological polar surface area (TPSA) is 0 Å². The Bertz CT molecular complexity index is 112. The first kappa shape index (κ1) is 8.55. The molecular formula is C7H12BF. The minimum absolute atomic E-state index is 0.366. The number of hydrogen-bond acceptors (Lipinski definition) is 0. The quantitative estimate of drug-likeness (QED) is 0.390. The highest BCUT2D eigenvalue weighted by molar-refractivity contribution is 6.37. The van der Waals surface area contributed by atoms with Gasteiger partial charge in [0.1, 0.15) is 0 Å². The zero-order chi connectivity index (χ0) is 7.11. The Kier molecular flexibility index (Phi) is 5.41. The third-order valence-electron chi connectivity index (χ3n) is 1.14. The van der Waals surface area contributed by atoms with Crippen LogP contribution in [0.3, 0.4) is 0 Å². The van der Waals surface area contributed by atoms with E-state index in [1.165, 1.54) is 0 Å². The highest BCUT2D eigenvalue weighted by Crippen LogP contribution is 2.01. The second-order valence-corrected chi connectivity index (χ2v) is 2.14. The van der Waals surface area contributed by atoms with E-state index in [0.717, 1.165) is 12.8 Å². The summed E-state index contributed by atoms with van der Waals surface area (Å²) in [6, 6.07) is 0. The first-order chi connectivity index (χ1) is 4.31. The summed E-state index contributed by atoms with van der Waals surface area (Å²) < 4.78 is 11.4. The Morgan fingerprint density at radius 1 is 1.67 bits per heavy atom. The number of rotatable bonds is 2.